The summed E-state index contributed by atoms with van der Waals surface area (Å²) in [5.41, 5.74) is 3.82. The number of para-hydroxylation sites is 1. The van der Waals surface area contributed by atoms with Crippen molar-refractivity contribution in [3.05, 3.63) is 97.2 Å². The number of allylic oxidation sites excluding steroid dienone is 3. The van der Waals surface area contributed by atoms with Crippen LogP contribution >= 0.6 is 11.8 Å². The number of aryl methyl sites for hydroxylation is 1. The zero-order chi connectivity index (χ0) is 21.8. The van der Waals surface area contributed by atoms with Gasteiger partial charge in [-0.1, -0.05) is 42.5 Å². The van der Waals surface area contributed by atoms with E-state index in [9.17, 15) is 20.2 Å². The van der Waals surface area contributed by atoms with Crippen molar-refractivity contribution in [1.82, 2.24) is 5.32 Å². The monoisotopic (exact) mass is 419 g/mol. The van der Waals surface area contributed by atoms with Crippen molar-refractivity contribution in [2.75, 3.05) is 0 Å². The molecule has 0 amide bonds. The third kappa shape index (κ3) is 4.14. The van der Waals surface area contributed by atoms with Crippen LogP contribution in [0.1, 0.15) is 36.5 Å². The molecule has 0 radical (unpaired) electrons. The number of carbonyl (C=O) groups is 1. The average molecular weight is 420 g/mol. The lowest BCUT2D eigenvalue weighted by Gasteiger charge is -2.29. The number of dihydropyridines is 1. The van der Waals surface area contributed by atoms with E-state index in [0.29, 0.717) is 33.2 Å². The van der Waals surface area contributed by atoms with Crippen molar-refractivity contribution in [3.8, 4) is 6.07 Å². The molecule has 3 rings (SSSR count). The Morgan fingerprint density at radius 3 is 2.50 bits per heavy atom. The maximum atomic E-state index is 12.5. The molecule has 1 atom stereocenters. The molecule has 0 aliphatic carbocycles. The fourth-order valence-corrected chi connectivity index (χ4v) is 4.79. The van der Waals surface area contributed by atoms with Gasteiger partial charge in [0.25, 0.3) is 5.69 Å². The fraction of sp³-hybridized carbons (Fsp3) is 0.217. The molecule has 1 N–H and O–H groups in total. The average Bonchev–Trinajstić information content (AvgIpc) is 2.72. The maximum Gasteiger partial charge on any atom is 0.273 e. The molecule has 30 heavy (non-hydrogen) atoms. The van der Waals surface area contributed by atoms with Crippen LogP contribution in [0.5, 0.6) is 0 Å². The van der Waals surface area contributed by atoms with Crippen LogP contribution in [0.15, 0.2) is 70.4 Å². The number of nitrogens with one attached hydrogen (secondary N) is 1. The Balaban J connectivity index is 2.11. The minimum absolute atomic E-state index is 0.105. The van der Waals surface area contributed by atoms with Gasteiger partial charge >= 0.3 is 0 Å². The van der Waals surface area contributed by atoms with Crippen molar-refractivity contribution >= 4 is 23.2 Å². The van der Waals surface area contributed by atoms with Gasteiger partial charge in [-0.2, -0.15) is 5.26 Å². The summed E-state index contributed by atoms with van der Waals surface area (Å²) >= 11 is 1.46. The number of benzene rings is 2. The number of ketones is 1. The highest BCUT2D eigenvalue weighted by atomic mass is 32.2. The summed E-state index contributed by atoms with van der Waals surface area (Å²) in [7, 11) is 0. The molecule has 1 heterocycles. The highest BCUT2D eigenvalue weighted by molar-refractivity contribution is 8.02. The summed E-state index contributed by atoms with van der Waals surface area (Å²) in [6.45, 7) is 5.21. The molecule has 0 saturated heterocycles. The van der Waals surface area contributed by atoms with Crippen molar-refractivity contribution in [2.24, 2.45) is 0 Å². The number of nitro benzene ring substituents is 1. The Morgan fingerprint density at radius 1 is 1.20 bits per heavy atom. The van der Waals surface area contributed by atoms with E-state index in [4.69, 9.17) is 0 Å². The highest BCUT2D eigenvalue weighted by Gasteiger charge is 2.36. The van der Waals surface area contributed by atoms with Crippen molar-refractivity contribution in [2.45, 2.75) is 32.4 Å². The Labute approximate surface area is 179 Å². The molecule has 1 aliphatic rings. The first kappa shape index (κ1) is 21.3. The zero-order valence-electron chi connectivity index (χ0n) is 16.9. The lowest BCUT2D eigenvalue weighted by atomic mass is 9.80. The van der Waals surface area contributed by atoms with Crippen molar-refractivity contribution in [3.63, 3.8) is 0 Å². The topological polar surface area (TPSA) is 96.0 Å². The van der Waals surface area contributed by atoms with Gasteiger partial charge in [-0.3, -0.25) is 14.9 Å². The van der Waals surface area contributed by atoms with Crippen LogP contribution in [0.4, 0.5) is 5.69 Å². The van der Waals surface area contributed by atoms with Crippen molar-refractivity contribution in [1.29, 1.82) is 5.26 Å². The van der Waals surface area contributed by atoms with Gasteiger partial charge in [-0.25, -0.2) is 0 Å². The quantitative estimate of drug-likeness (QED) is 0.516. The summed E-state index contributed by atoms with van der Waals surface area (Å²) in [4.78, 5) is 23.6. The third-order valence-corrected chi connectivity index (χ3v) is 6.17. The molecule has 0 saturated carbocycles. The van der Waals surface area contributed by atoms with Crippen LogP contribution in [0.25, 0.3) is 0 Å². The van der Waals surface area contributed by atoms with E-state index in [-0.39, 0.29) is 11.5 Å². The molecule has 6 nitrogen and oxygen atoms in total. The van der Waals surface area contributed by atoms with E-state index in [0.717, 1.165) is 11.1 Å². The lowest BCUT2D eigenvalue weighted by molar-refractivity contribution is -0.385. The van der Waals surface area contributed by atoms with Crippen LogP contribution < -0.4 is 5.32 Å². The normalized spacial score (nSPS) is 16.1. The Bertz CT molecular complexity index is 1130. The van der Waals surface area contributed by atoms with Crippen LogP contribution in [0, 0.1) is 28.4 Å². The summed E-state index contributed by atoms with van der Waals surface area (Å²) in [5.74, 6) is -0.375. The summed E-state index contributed by atoms with van der Waals surface area (Å²) in [6.07, 6.45) is 0. The van der Waals surface area contributed by atoms with Crippen LogP contribution in [-0.4, -0.2) is 10.7 Å². The molecular formula is C23H21N3O3S. The predicted molar refractivity (Wildman–Crippen MR) is 117 cm³/mol. The second-order valence-corrected chi connectivity index (χ2v) is 8.02. The molecule has 2 aromatic carbocycles. The molecule has 0 spiro atoms. The first-order chi connectivity index (χ1) is 14.3. The minimum Gasteiger partial charge on any atom is -0.353 e. The molecule has 0 unspecified atom stereocenters. The smallest absolute Gasteiger partial charge is 0.273 e. The SMILES string of the molecule is CC(=O)C1=C(C)NC(SCc2ccccc2C)=C(C#N)[C@@H]1c1ccccc1[N+](=O)[O-]. The number of hydrogen-bond acceptors (Lipinski definition) is 6. The maximum absolute atomic E-state index is 12.5. The van der Waals surface area contributed by atoms with Gasteiger partial charge in [-0.15, -0.1) is 11.8 Å². The van der Waals surface area contributed by atoms with E-state index in [1.165, 1.54) is 24.8 Å². The molecule has 0 bridgehead atoms. The van der Waals surface area contributed by atoms with Gasteiger partial charge in [-0.05, 0) is 31.9 Å². The number of carbonyl (C=O) groups excluding carboxylic acids is 1. The van der Waals surface area contributed by atoms with Crippen molar-refractivity contribution < 1.29 is 9.72 Å². The van der Waals surface area contributed by atoms with Gasteiger partial charge in [0.05, 0.1) is 27.5 Å². The number of hydrogen-bond donors (Lipinski definition) is 1. The Kier molecular flexibility index (Phi) is 6.38. The molecule has 7 heteroatoms. The second kappa shape index (κ2) is 8.97. The van der Waals surface area contributed by atoms with E-state index in [2.05, 4.69) is 11.4 Å². The Morgan fingerprint density at radius 2 is 1.87 bits per heavy atom. The van der Waals surface area contributed by atoms with E-state index in [1.807, 2.05) is 31.2 Å². The second-order valence-electron chi connectivity index (χ2n) is 7.04. The number of nitrogens with zero attached hydrogens (tertiary/aromatic N) is 2. The molecule has 1 aliphatic heterocycles. The number of nitro groups is 1. The summed E-state index contributed by atoms with van der Waals surface area (Å²) in [6, 6.07) is 16.5. The Hall–Kier alpha value is -3.37. The number of rotatable bonds is 6. The first-order valence-corrected chi connectivity index (χ1v) is 10.4. The van der Waals surface area contributed by atoms with Crippen LogP contribution in [-0.2, 0) is 10.5 Å². The first-order valence-electron chi connectivity index (χ1n) is 9.38. The summed E-state index contributed by atoms with van der Waals surface area (Å²) < 4.78 is 0. The summed E-state index contributed by atoms with van der Waals surface area (Å²) in [5, 5.41) is 25.4. The highest BCUT2D eigenvalue weighted by Crippen LogP contribution is 2.44. The van der Waals surface area contributed by atoms with Gasteiger partial charge in [0, 0.05) is 28.7 Å². The van der Waals surface area contributed by atoms with Gasteiger partial charge in [0.15, 0.2) is 5.78 Å². The van der Waals surface area contributed by atoms with E-state index >= 15 is 0 Å². The number of Topliss-reactive ketones (excluding diaryl/α,β-unsaturated/α-hetero) is 1. The molecule has 2 aromatic rings. The molecule has 0 aromatic heterocycles. The number of thioether (sulfide) groups is 1. The minimum atomic E-state index is -0.783. The van der Waals surface area contributed by atoms with Crippen LogP contribution in [0.2, 0.25) is 0 Å². The number of nitriles is 1. The molecule has 152 valence electrons. The van der Waals surface area contributed by atoms with Gasteiger partial charge in [0.2, 0.25) is 0 Å². The largest absolute Gasteiger partial charge is 0.353 e. The fourth-order valence-electron chi connectivity index (χ4n) is 3.62. The lowest BCUT2D eigenvalue weighted by Crippen LogP contribution is -2.27. The van der Waals surface area contributed by atoms with E-state index < -0.39 is 10.8 Å². The van der Waals surface area contributed by atoms with E-state index in [1.54, 1.807) is 25.1 Å². The predicted octanol–water partition coefficient (Wildman–Crippen LogP) is 5.12. The zero-order valence-corrected chi connectivity index (χ0v) is 17.7. The van der Waals surface area contributed by atoms with Gasteiger partial charge < -0.3 is 5.32 Å². The van der Waals surface area contributed by atoms with Crippen LogP contribution in [0.3, 0.4) is 0 Å². The van der Waals surface area contributed by atoms with Gasteiger partial charge in [0.1, 0.15) is 0 Å². The molecule has 0 fully saturated rings. The standard InChI is InChI=1S/C23H21N3O3S/c1-14-8-4-5-9-17(14)13-30-23-19(12-24)22(21(16(3)27)15(2)25-23)18-10-6-7-11-20(18)26(28)29/h4-11,22,25H,13H2,1-3H3/t22-/m0/s1. The third-order valence-electron chi connectivity index (χ3n) is 5.10. The molecular weight excluding hydrogens is 398 g/mol.